The van der Waals surface area contributed by atoms with Gasteiger partial charge in [0.2, 0.25) is 0 Å². The molecule has 0 radical (unpaired) electrons. The van der Waals surface area contributed by atoms with Gasteiger partial charge in [-0.3, -0.25) is 0 Å². The van der Waals surface area contributed by atoms with E-state index >= 15 is 0 Å². The molecule has 0 bridgehead atoms. The maximum atomic E-state index is 3.73. The molecule has 2 aromatic rings. The Morgan fingerprint density at radius 1 is 1.19 bits per heavy atom. The summed E-state index contributed by atoms with van der Waals surface area (Å²) < 4.78 is 0. The van der Waals surface area contributed by atoms with Crippen LogP contribution in [-0.2, 0) is 6.42 Å². The lowest BCUT2D eigenvalue weighted by Gasteiger charge is -2.46. The second-order valence-corrected chi connectivity index (χ2v) is 8.35. The Balaban J connectivity index is 1.58. The Morgan fingerprint density at radius 3 is 3.04 bits per heavy atom. The van der Waals surface area contributed by atoms with Crippen molar-refractivity contribution in [3.8, 4) is 0 Å². The largest absolute Gasteiger partial charge is 0.371 e. The van der Waals surface area contributed by atoms with Crippen molar-refractivity contribution < 1.29 is 0 Å². The molecule has 0 aliphatic carbocycles. The number of rotatable bonds is 2. The third-order valence-electron chi connectivity index (χ3n) is 6.77. The molecule has 1 saturated heterocycles. The molecular formula is C23H29N3. The topological polar surface area (TPSA) is 27.3 Å². The number of hydrogen-bond donors (Lipinski definition) is 2. The highest BCUT2D eigenvalue weighted by atomic mass is 15.2. The van der Waals surface area contributed by atoms with E-state index in [1.165, 1.54) is 61.4 Å². The van der Waals surface area contributed by atoms with Crippen molar-refractivity contribution in [3.63, 3.8) is 0 Å². The highest BCUT2D eigenvalue weighted by molar-refractivity contribution is 5.73. The van der Waals surface area contributed by atoms with Crippen LogP contribution in [0.4, 0.5) is 17.1 Å². The predicted molar refractivity (Wildman–Crippen MR) is 110 cm³/mol. The van der Waals surface area contributed by atoms with Gasteiger partial charge in [0.1, 0.15) is 0 Å². The predicted octanol–water partition coefficient (Wildman–Crippen LogP) is 4.51. The monoisotopic (exact) mass is 347 g/mol. The van der Waals surface area contributed by atoms with E-state index in [1.54, 1.807) is 16.8 Å². The summed E-state index contributed by atoms with van der Waals surface area (Å²) in [7, 11) is 0. The average molecular weight is 348 g/mol. The van der Waals surface area contributed by atoms with Crippen LogP contribution in [0.3, 0.4) is 0 Å². The number of nitrogens with one attached hydrogen (secondary N) is 2. The zero-order valence-corrected chi connectivity index (χ0v) is 15.9. The number of aryl methyl sites for hydroxylation is 2. The van der Waals surface area contributed by atoms with Crippen LogP contribution >= 0.6 is 0 Å². The van der Waals surface area contributed by atoms with E-state index in [0.717, 1.165) is 12.5 Å². The minimum Gasteiger partial charge on any atom is -0.371 e. The highest BCUT2D eigenvalue weighted by Crippen LogP contribution is 2.46. The number of hydrogen-bond acceptors (Lipinski definition) is 3. The number of benzene rings is 2. The molecule has 0 spiro atoms. The van der Waals surface area contributed by atoms with Gasteiger partial charge in [-0.15, -0.1) is 0 Å². The number of piperidine rings is 1. The van der Waals surface area contributed by atoms with Crippen molar-refractivity contribution >= 4 is 17.1 Å². The van der Waals surface area contributed by atoms with E-state index in [2.05, 4.69) is 59.7 Å². The normalized spacial score (nSPS) is 24.0. The van der Waals surface area contributed by atoms with Gasteiger partial charge in [-0.1, -0.05) is 12.1 Å². The van der Waals surface area contributed by atoms with Gasteiger partial charge in [0.15, 0.2) is 0 Å². The van der Waals surface area contributed by atoms with Gasteiger partial charge >= 0.3 is 0 Å². The molecule has 0 aromatic heterocycles. The SMILES string of the molecule is Cc1cccc(Nc2cc3c4c(c2)C2CNCCC2CN4CCC3)c1C. The Bertz CT molecular complexity index is 842. The molecule has 3 heterocycles. The summed E-state index contributed by atoms with van der Waals surface area (Å²) in [5, 5.41) is 7.38. The highest BCUT2D eigenvalue weighted by Gasteiger charge is 2.37. The van der Waals surface area contributed by atoms with Gasteiger partial charge in [0.05, 0.1) is 0 Å². The Kier molecular flexibility index (Phi) is 3.93. The summed E-state index contributed by atoms with van der Waals surface area (Å²) in [5.41, 5.74) is 9.88. The maximum Gasteiger partial charge on any atom is 0.0436 e. The first-order valence-electron chi connectivity index (χ1n) is 10.2. The fourth-order valence-electron chi connectivity index (χ4n) is 5.23. The molecule has 2 aromatic carbocycles. The molecule has 136 valence electrons. The van der Waals surface area contributed by atoms with Crippen molar-refractivity contribution in [1.29, 1.82) is 0 Å². The van der Waals surface area contributed by atoms with Crippen molar-refractivity contribution in [1.82, 2.24) is 5.32 Å². The molecule has 3 heteroatoms. The molecule has 5 rings (SSSR count). The number of nitrogens with zero attached hydrogens (tertiary/aromatic N) is 1. The number of anilines is 3. The minimum atomic E-state index is 0.673. The third kappa shape index (κ3) is 2.61. The first kappa shape index (κ1) is 16.2. The summed E-state index contributed by atoms with van der Waals surface area (Å²) in [6.45, 7) is 9.21. The fraction of sp³-hybridized carbons (Fsp3) is 0.478. The van der Waals surface area contributed by atoms with Gasteiger partial charge in [-0.25, -0.2) is 0 Å². The third-order valence-corrected chi connectivity index (χ3v) is 6.77. The van der Waals surface area contributed by atoms with Crippen LogP contribution in [0.1, 0.15) is 41.0 Å². The molecular weight excluding hydrogens is 318 g/mol. The van der Waals surface area contributed by atoms with E-state index in [1.807, 2.05) is 0 Å². The van der Waals surface area contributed by atoms with Gasteiger partial charge in [0, 0.05) is 42.6 Å². The lowest BCUT2D eigenvalue weighted by atomic mass is 9.75. The van der Waals surface area contributed by atoms with E-state index < -0.39 is 0 Å². The molecule has 2 atom stereocenters. The van der Waals surface area contributed by atoms with E-state index in [9.17, 15) is 0 Å². The van der Waals surface area contributed by atoms with E-state index in [-0.39, 0.29) is 0 Å². The summed E-state index contributed by atoms with van der Waals surface area (Å²) >= 11 is 0. The van der Waals surface area contributed by atoms with Crippen LogP contribution in [-0.4, -0.2) is 26.2 Å². The van der Waals surface area contributed by atoms with Crippen LogP contribution in [0.2, 0.25) is 0 Å². The van der Waals surface area contributed by atoms with Gasteiger partial charge in [-0.2, -0.15) is 0 Å². The van der Waals surface area contributed by atoms with Crippen molar-refractivity contribution in [3.05, 3.63) is 52.6 Å². The van der Waals surface area contributed by atoms with E-state index in [0.29, 0.717) is 5.92 Å². The fourth-order valence-corrected chi connectivity index (χ4v) is 5.23. The average Bonchev–Trinajstić information content (AvgIpc) is 2.66. The molecule has 3 aliphatic rings. The van der Waals surface area contributed by atoms with Crippen LogP contribution in [0.25, 0.3) is 0 Å². The summed E-state index contributed by atoms with van der Waals surface area (Å²) in [4.78, 5) is 2.68. The lowest BCUT2D eigenvalue weighted by Crippen LogP contribution is -2.47. The second kappa shape index (κ2) is 6.31. The summed E-state index contributed by atoms with van der Waals surface area (Å²) in [6.07, 6.45) is 3.81. The molecule has 3 nitrogen and oxygen atoms in total. The van der Waals surface area contributed by atoms with E-state index in [4.69, 9.17) is 0 Å². The van der Waals surface area contributed by atoms with Crippen molar-refractivity contribution in [2.45, 2.75) is 39.0 Å². The lowest BCUT2D eigenvalue weighted by molar-refractivity contribution is 0.309. The zero-order chi connectivity index (χ0) is 17.7. The molecule has 0 saturated carbocycles. The first-order chi connectivity index (χ1) is 12.7. The van der Waals surface area contributed by atoms with Crippen molar-refractivity contribution in [2.75, 3.05) is 36.4 Å². The van der Waals surface area contributed by atoms with Crippen LogP contribution < -0.4 is 15.5 Å². The second-order valence-electron chi connectivity index (χ2n) is 8.35. The Morgan fingerprint density at radius 2 is 2.12 bits per heavy atom. The molecule has 2 unspecified atom stereocenters. The molecule has 0 amide bonds. The first-order valence-corrected chi connectivity index (χ1v) is 10.2. The number of fused-ring (bicyclic) bond motifs is 2. The maximum absolute atomic E-state index is 3.73. The zero-order valence-electron chi connectivity index (χ0n) is 15.9. The van der Waals surface area contributed by atoms with Crippen LogP contribution in [0.15, 0.2) is 30.3 Å². The van der Waals surface area contributed by atoms with Crippen molar-refractivity contribution in [2.24, 2.45) is 5.92 Å². The standard InChI is InChI=1S/C23H29N3/c1-15-5-3-7-22(16(15)2)25-19-11-17-6-4-10-26-14-18-8-9-24-13-21(18)20(12-19)23(17)26/h3,5,7,11-12,18,21,24-25H,4,6,8-10,13-14H2,1-2H3. The quantitative estimate of drug-likeness (QED) is 0.837. The summed E-state index contributed by atoms with van der Waals surface area (Å²) in [6, 6.07) is 11.4. The van der Waals surface area contributed by atoms with Crippen LogP contribution in [0, 0.1) is 19.8 Å². The molecule has 2 N–H and O–H groups in total. The van der Waals surface area contributed by atoms with Gasteiger partial charge in [-0.05, 0) is 86.0 Å². The summed E-state index contributed by atoms with van der Waals surface area (Å²) in [5.74, 6) is 1.48. The Hall–Kier alpha value is -2.00. The molecule has 26 heavy (non-hydrogen) atoms. The Labute approximate surface area is 156 Å². The molecule has 3 aliphatic heterocycles. The molecule has 1 fully saturated rings. The van der Waals surface area contributed by atoms with Gasteiger partial charge in [0.25, 0.3) is 0 Å². The van der Waals surface area contributed by atoms with Crippen LogP contribution in [0.5, 0.6) is 0 Å². The van der Waals surface area contributed by atoms with Gasteiger partial charge < -0.3 is 15.5 Å². The minimum absolute atomic E-state index is 0.673. The smallest absolute Gasteiger partial charge is 0.0436 e.